The van der Waals surface area contributed by atoms with Crippen LogP contribution >= 0.6 is 11.6 Å². The molecule has 1 heterocycles. The molecule has 0 aliphatic heterocycles. The molecule has 1 rings (SSSR count). The van der Waals surface area contributed by atoms with Gasteiger partial charge in [-0.3, -0.25) is 0 Å². The van der Waals surface area contributed by atoms with Crippen molar-refractivity contribution in [2.45, 2.75) is 0 Å². The molecule has 0 fully saturated rings. The predicted molar refractivity (Wildman–Crippen MR) is 28.8 cm³/mol. The van der Waals surface area contributed by atoms with Gasteiger partial charge >= 0.3 is 66.7 Å². The number of aromatic nitrogens is 1. The van der Waals surface area contributed by atoms with Gasteiger partial charge in [-0.2, -0.15) is 0 Å². The summed E-state index contributed by atoms with van der Waals surface area (Å²) in [7, 11) is 0. The summed E-state index contributed by atoms with van der Waals surface area (Å²) in [5.41, 5.74) is 0. The van der Waals surface area contributed by atoms with Gasteiger partial charge in [-0.25, -0.2) is 0 Å². The van der Waals surface area contributed by atoms with Crippen molar-refractivity contribution in [1.82, 2.24) is 4.98 Å². The van der Waals surface area contributed by atoms with Crippen LogP contribution in [0.5, 0.6) is 0 Å². The molecule has 1 aromatic heterocycles. The van der Waals surface area contributed by atoms with Gasteiger partial charge in [0.05, 0.1) is 0 Å². The van der Waals surface area contributed by atoms with Crippen molar-refractivity contribution in [3.63, 3.8) is 0 Å². The smallest absolute Gasteiger partial charge is 1.00 e. The third-order valence-corrected chi connectivity index (χ3v) is 2.14. The minimum absolute atomic E-state index is 0. The number of nitrogens with zero attached hydrogens (tertiary/aromatic N) is 1. The summed E-state index contributed by atoms with van der Waals surface area (Å²) in [6, 6.07) is 2.77. The van der Waals surface area contributed by atoms with Crippen LogP contribution in [0.3, 0.4) is 0 Å². The van der Waals surface area contributed by atoms with E-state index >= 15 is 0 Å². The van der Waals surface area contributed by atoms with Gasteiger partial charge in [0.15, 0.2) is 0 Å². The van der Waals surface area contributed by atoms with Gasteiger partial charge in [0.2, 0.25) is 0 Å². The fourth-order valence-electron chi connectivity index (χ4n) is 0.458. The fraction of sp³-hybridized carbons (Fsp3) is 0. The molecule has 0 aromatic carbocycles. The van der Waals surface area contributed by atoms with Gasteiger partial charge in [-0.05, 0) is 0 Å². The molecular weight excluding hydrogens is 229 g/mol. The van der Waals surface area contributed by atoms with Crippen LogP contribution in [-0.2, 0) is 18.3 Å². The third kappa shape index (κ3) is 2.49. The molecule has 0 saturated carbocycles. The van der Waals surface area contributed by atoms with Crippen molar-refractivity contribution < 1.29 is 35.1 Å². The first-order valence-corrected chi connectivity index (χ1v) is 4.20. The molecule has 1 nitrogen and oxygen atoms in total. The maximum absolute atomic E-state index is 12.4. The molecule has 50 valence electrons. The Balaban J connectivity index is 0.000000810. The zero-order chi connectivity index (χ0) is 6.85. The Hall–Kier alpha value is 0.283. The van der Waals surface area contributed by atoms with E-state index in [9.17, 15) is 4.39 Å². The second-order valence-electron chi connectivity index (χ2n) is 1.56. The Morgan fingerprint density at radius 2 is 2.10 bits per heavy atom. The maximum Gasteiger partial charge on any atom is -1.00 e. The molecule has 0 aliphatic carbocycles. The zero-order valence-electron chi connectivity index (χ0n) is 4.94. The zero-order valence-corrected chi connectivity index (χ0v) is 9.42. The average molecular weight is 231 g/mol. The van der Waals surface area contributed by atoms with Crippen LogP contribution in [0, 0.1) is 5.82 Å². The molecule has 0 saturated heterocycles. The van der Waals surface area contributed by atoms with Crippen molar-refractivity contribution in [3.05, 3.63) is 23.1 Å². The minimum atomic E-state index is -0.264. The summed E-state index contributed by atoms with van der Waals surface area (Å²) in [5.74, 6) is -0.264. The van der Waals surface area contributed by atoms with E-state index in [2.05, 4.69) is 4.98 Å². The largest absolute Gasteiger partial charge is 1.00 e. The van der Waals surface area contributed by atoms with Gasteiger partial charge < -0.3 is 12.4 Å². The number of hydrogen-bond acceptors (Lipinski definition) is 1. The molecule has 0 unspecified atom stereocenters. The fourth-order valence-corrected chi connectivity index (χ4v) is 1.44. The first-order valence-electron chi connectivity index (χ1n) is 2.34. The van der Waals surface area contributed by atoms with E-state index in [1.165, 1.54) is 12.1 Å². The van der Waals surface area contributed by atoms with E-state index in [4.69, 9.17) is 11.6 Å². The van der Waals surface area contributed by atoms with Crippen molar-refractivity contribution in [3.8, 4) is 0 Å². The number of halogens is 3. The molecule has 0 amide bonds. The van der Waals surface area contributed by atoms with Crippen LogP contribution < -0.4 is 16.7 Å². The second kappa shape index (κ2) is 4.22. The monoisotopic (exact) mass is 229 g/mol. The second-order valence-corrected chi connectivity index (χ2v) is 3.35. The summed E-state index contributed by atoms with van der Waals surface area (Å²) >= 11 is 6.16. The SMILES string of the molecule is Fc1ccc(Cl)n[c]1[Zn+].[Cl-]. The van der Waals surface area contributed by atoms with Gasteiger partial charge in [0.25, 0.3) is 0 Å². The van der Waals surface area contributed by atoms with Gasteiger partial charge in [0, 0.05) is 0 Å². The van der Waals surface area contributed by atoms with E-state index in [1.807, 2.05) is 0 Å². The summed E-state index contributed by atoms with van der Waals surface area (Å²) in [6.45, 7) is 0. The van der Waals surface area contributed by atoms with Crippen LogP contribution in [0.25, 0.3) is 0 Å². The molecule has 0 aliphatic rings. The van der Waals surface area contributed by atoms with E-state index in [0.717, 1.165) is 0 Å². The van der Waals surface area contributed by atoms with Gasteiger partial charge in [0.1, 0.15) is 0 Å². The molecule has 0 radical (unpaired) electrons. The summed E-state index contributed by atoms with van der Waals surface area (Å²) in [6.07, 6.45) is 0. The van der Waals surface area contributed by atoms with Crippen molar-refractivity contribution in [1.29, 1.82) is 0 Å². The molecular formula is C5H2Cl2FNZn. The summed E-state index contributed by atoms with van der Waals surface area (Å²) in [4.78, 5) is 3.72. The first kappa shape index (κ1) is 10.3. The summed E-state index contributed by atoms with van der Waals surface area (Å²) < 4.78 is 12.9. The molecule has 0 bridgehead atoms. The third-order valence-electron chi connectivity index (χ3n) is 0.885. The Morgan fingerprint density at radius 3 is 2.50 bits per heavy atom. The average Bonchev–Trinajstić information content (AvgIpc) is 1.80. The first-order chi connectivity index (χ1) is 4.20. The topological polar surface area (TPSA) is 12.9 Å². The molecule has 0 N–H and O–H groups in total. The van der Waals surface area contributed by atoms with E-state index in [0.29, 0.717) is 27.7 Å². The maximum atomic E-state index is 12.4. The van der Waals surface area contributed by atoms with Crippen molar-refractivity contribution in [2.24, 2.45) is 0 Å². The van der Waals surface area contributed by atoms with Crippen LogP contribution in [-0.4, -0.2) is 4.98 Å². The number of rotatable bonds is 0. The number of pyridine rings is 1. The Labute approximate surface area is 79.1 Å². The van der Waals surface area contributed by atoms with Crippen LogP contribution in [0.2, 0.25) is 5.15 Å². The molecule has 10 heavy (non-hydrogen) atoms. The summed E-state index contributed by atoms with van der Waals surface area (Å²) in [5, 5.41) is 0.359. The van der Waals surface area contributed by atoms with Crippen LogP contribution in [0.4, 0.5) is 4.39 Å². The molecule has 1 aromatic rings. The predicted octanol–water partition coefficient (Wildman–Crippen LogP) is -1.95. The quantitative estimate of drug-likeness (QED) is 0.374. The minimum Gasteiger partial charge on any atom is -1.00 e. The van der Waals surface area contributed by atoms with Crippen molar-refractivity contribution in [2.75, 3.05) is 0 Å². The van der Waals surface area contributed by atoms with Crippen molar-refractivity contribution >= 4 is 15.9 Å². The molecule has 0 spiro atoms. The Morgan fingerprint density at radius 1 is 1.50 bits per heavy atom. The molecule has 5 heteroatoms. The van der Waals surface area contributed by atoms with Crippen LogP contribution in [0.15, 0.2) is 12.1 Å². The van der Waals surface area contributed by atoms with Crippen LogP contribution in [0.1, 0.15) is 0 Å². The Kier molecular flexibility index (Phi) is 4.34. The standard InChI is InChI=1S/C5H2ClFN.ClH.Zn/c6-5-2-1-4(7)3-8-5;;/h1-2H;1H;/q;;+1/p-1. The van der Waals surface area contributed by atoms with E-state index in [1.54, 1.807) is 0 Å². The Bertz CT molecular complexity index is 231. The number of hydrogen-bond donors (Lipinski definition) is 0. The molecule has 0 atom stereocenters. The van der Waals surface area contributed by atoms with E-state index in [-0.39, 0.29) is 18.2 Å². The van der Waals surface area contributed by atoms with E-state index < -0.39 is 0 Å². The van der Waals surface area contributed by atoms with Gasteiger partial charge in [-0.15, -0.1) is 0 Å². The normalized spacial score (nSPS) is 8.80. The van der Waals surface area contributed by atoms with Gasteiger partial charge in [-0.1, -0.05) is 0 Å².